The lowest BCUT2D eigenvalue weighted by Gasteiger charge is -2.05. The van der Waals surface area contributed by atoms with E-state index in [-0.39, 0.29) is 5.97 Å². The standard InChI is InChI=1S/C11H19NO2/c1-3-14-11(13)8-9(2)12-10-6-4-5-7-10/h10H,3-8H2,1-2H3/b12-9+. The van der Waals surface area contributed by atoms with Crippen LogP contribution in [0.1, 0.15) is 46.0 Å². The van der Waals surface area contributed by atoms with Gasteiger partial charge in [0.05, 0.1) is 13.0 Å². The van der Waals surface area contributed by atoms with Gasteiger partial charge >= 0.3 is 5.97 Å². The molecule has 1 rings (SSSR count). The summed E-state index contributed by atoms with van der Waals surface area (Å²) in [4.78, 5) is 15.6. The third-order valence-corrected chi connectivity index (χ3v) is 2.43. The maximum atomic E-state index is 11.1. The van der Waals surface area contributed by atoms with Crippen LogP contribution >= 0.6 is 0 Å². The molecule has 3 nitrogen and oxygen atoms in total. The van der Waals surface area contributed by atoms with E-state index in [1.54, 1.807) is 0 Å². The third-order valence-electron chi connectivity index (χ3n) is 2.43. The summed E-state index contributed by atoms with van der Waals surface area (Å²) in [6.07, 6.45) is 5.27. The summed E-state index contributed by atoms with van der Waals surface area (Å²) in [6.45, 7) is 4.19. The minimum atomic E-state index is -0.160. The number of ether oxygens (including phenoxy) is 1. The molecule has 0 aromatic rings. The van der Waals surface area contributed by atoms with Crippen molar-refractivity contribution in [3.8, 4) is 0 Å². The first-order valence-electron chi connectivity index (χ1n) is 5.41. The molecule has 1 aliphatic carbocycles. The maximum Gasteiger partial charge on any atom is 0.311 e. The van der Waals surface area contributed by atoms with E-state index in [2.05, 4.69) is 4.99 Å². The second-order valence-electron chi connectivity index (χ2n) is 3.78. The Labute approximate surface area is 85.6 Å². The van der Waals surface area contributed by atoms with Gasteiger partial charge in [-0.05, 0) is 26.7 Å². The Kier molecular flexibility index (Phi) is 4.63. The quantitative estimate of drug-likeness (QED) is 0.512. The monoisotopic (exact) mass is 197 g/mol. The summed E-state index contributed by atoms with van der Waals surface area (Å²) in [5.74, 6) is -0.160. The zero-order valence-corrected chi connectivity index (χ0v) is 9.08. The highest BCUT2D eigenvalue weighted by atomic mass is 16.5. The Morgan fingerprint density at radius 1 is 1.43 bits per heavy atom. The lowest BCUT2D eigenvalue weighted by atomic mass is 10.2. The third kappa shape index (κ3) is 3.90. The molecule has 0 aromatic carbocycles. The van der Waals surface area contributed by atoms with Gasteiger partial charge in [0, 0.05) is 11.8 Å². The van der Waals surface area contributed by atoms with Crippen LogP contribution in [0.4, 0.5) is 0 Å². The van der Waals surface area contributed by atoms with E-state index in [4.69, 9.17) is 4.74 Å². The molecule has 0 spiro atoms. The molecule has 0 bridgehead atoms. The van der Waals surface area contributed by atoms with Gasteiger partial charge in [0.15, 0.2) is 0 Å². The molecule has 0 heterocycles. The van der Waals surface area contributed by atoms with Crippen LogP contribution in [0.3, 0.4) is 0 Å². The van der Waals surface area contributed by atoms with E-state index in [1.165, 1.54) is 25.7 Å². The molecule has 14 heavy (non-hydrogen) atoms. The predicted octanol–water partition coefficient (Wildman–Crippen LogP) is 2.34. The number of hydrogen-bond acceptors (Lipinski definition) is 3. The number of aliphatic imine (C=N–C) groups is 1. The van der Waals surface area contributed by atoms with Crippen LogP contribution in [0.15, 0.2) is 4.99 Å². The molecule has 1 aliphatic rings. The molecule has 0 N–H and O–H groups in total. The Hall–Kier alpha value is -0.860. The number of esters is 1. The first kappa shape index (κ1) is 11.2. The van der Waals surface area contributed by atoms with Gasteiger partial charge in [-0.3, -0.25) is 9.79 Å². The van der Waals surface area contributed by atoms with Crippen molar-refractivity contribution < 1.29 is 9.53 Å². The molecular formula is C11H19NO2. The van der Waals surface area contributed by atoms with Gasteiger partial charge in [-0.25, -0.2) is 0 Å². The normalized spacial score (nSPS) is 18.6. The van der Waals surface area contributed by atoms with Crippen molar-refractivity contribution >= 4 is 11.7 Å². The van der Waals surface area contributed by atoms with E-state index >= 15 is 0 Å². The summed E-state index contributed by atoms with van der Waals surface area (Å²) >= 11 is 0. The summed E-state index contributed by atoms with van der Waals surface area (Å²) in [5, 5.41) is 0. The highest BCUT2D eigenvalue weighted by Gasteiger charge is 2.14. The Bertz CT molecular complexity index is 217. The molecule has 0 aromatic heterocycles. The highest BCUT2D eigenvalue weighted by Crippen LogP contribution is 2.21. The second-order valence-corrected chi connectivity index (χ2v) is 3.78. The predicted molar refractivity (Wildman–Crippen MR) is 56.6 cm³/mol. The molecule has 0 atom stereocenters. The number of carbonyl (C=O) groups is 1. The van der Waals surface area contributed by atoms with E-state index < -0.39 is 0 Å². The van der Waals surface area contributed by atoms with Crippen LogP contribution < -0.4 is 0 Å². The van der Waals surface area contributed by atoms with Gasteiger partial charge in [-0.1, -0.05) is 12.8 Å². The van der Waals surface area contributed by atoms with E-state index in [0.29, 0.717) is 19.1 Å². The van der Waals surface area contributed by atoms with E-state index in [9.17, 15) is 4.79 Å². The number of carbonyl (C=O) groups excluding carboxylic acids is 1. The number of nitrogens with zero attached hydrogens (tertiary/aromatic N) is 1. The molecular weight excluding hydrogens is 178 g/mol. The Balaban J connectivity index is 2.32. The molecule has 80 valence electrons. The van der Waals surface area contributed by atoms with Gasteiger partial charge in [0.2, 0.25) is 0 Å². The molecule has 0 saturated heterocycles. The zero-order valence-electron chi connectivity index (χ0n) is 9.08. The van der Waals surface area contributed by atoms with Crippen LogP contribution in [0.5, 0.6) is 0 Å². The van der Waals surface area contributed by atoms with Gasteiger partial charge in [0.1, 0.15) is 0 Å². The Morgan fingerprint density at radius 3 is 2.64 bits per heavy atom. The SMILES string of the molecule is CCOC(=O)C/C(C)=N/C1CCCC1. The van der Waals surface area contributed by atoms with Crippen molar-refractivity contribution in [3.63, 3.8) is 0 Å². The van der Waals surface area contributed by atoms with Crippen molar-refractivity contribution in [2.75, 3.05) is 6.61 Å². The van der Waals surface area contributed by atoms with Crippen LogP contribution in [0, 0.1) is 0 Å². The fraction of sp³-hybridized carbons (Fsp3) is 0.818. The fourth-order valence-electron chi connectivity index (χ4n) is 1.81. The summed E-state index contributed by atoms with van der Waals surface area (Å²) in [6, 6.07) is 0.462. The minimum Gasteiger partial charge on any atom is -0.466 e. The zero-order chi connectivity index (χ0) is 10.4. The van der Waals surface area contributed by atoms with Gasteiger partial charge in [0.25, 0.3) is 0 Å². The summed E-state index contributed by atoms with van der Waals surface area (Å²) in [5.41, 5.74) is 0.912. The summed E-state index contributed by atoms with van der Waals surface area (Å²) in [7, 11) is 0. The van der Waals surface area contributed by atoms with Gasteiger partial charge in [-0.2, -0.15) is 0 Å². The molecule has 1 saturated carbocycles. The van der Waals surface area contributed by atoms with Gasteiger partial charge < -0.3 is 4.74 Å². The number of hydrogen-bond donors (Lipinski definition) is 0. The lowest BCUT2D eigenvalue weighted by Crippen LogP contribution is -2.11. The van der Waals surface area contributed by atoms with Crippen molar-refractivity contribution in [2.45, 2.75) is 52.0 Å². The largest absolute Gasteiger partial charge is 0.466 e. The van der Waals surface area contributed by atoms with Crippen molar-refractivity contribution in [2.24, 2.45) is 4.99 Å². The fourth-order valence-corrected chi connectivity index (χ4v) is 1.81. The van der Waals surface area contributed by atoms with Crippen LogP contribution in [0.2, 0.25) is 0 Å². The van der Waals surface area contributed by atoms with Crippen molar-refractivity contribution in [1.29, 1.82) is 0 Å². The average molecular weight is 197 g/mol. The molecule has 3 heteroatoms. The highest BCUT2D eigenvalue weighted by molar-refractivity contribution is 5.97. The molecule has 0 unspecified atom stereocenters. The van der Waals surface area contributed by atoms with E-state index in [1.807, 2.05) is 13.8 Å². The van der Waals surface area contributed by atoms with Gasteiger partial charge in [-0.15, -0.1) is 0 Å². The first-order chi connectivity index (χ1) is 6.72. The minimum absolute atomic E-state index is 0.160. The first-order valence-corrected chi connectivity index (χ1v) is 5.41. The molecule has 0 aliphatic heterocycles. The van der Waals surface area contributed by atoms with E-state index in [0.717, 1.165) is 5.71 Å². The second kappa shape index (κ2) is 5.78. The average Bonchev–Trinajstić information content (AvgIpc) is 2.56. The molecule has 0 radical (unpaired) electrons. The molecule has 0 amide bonds. The van der Waals surface area contributed by atoms with Crippen LogP contribution in [0.25, 0.3) is 0 Å². The maximum absolute atomic E-state index is 11.1. The smallest absolute Gasteiger partial charge is 0.311 e. The molecule has 1 fully saturated rings. The summed E-state index contributed by atoms with van der Waals surface area (Å²) < 4.78 is 4.86. The van der Waals surface area contributed by atoms with Crippen LogP contribution in [-0.2, 0) is 9.53 Å². The topological polar surface area (TPSA) is 38.7 Å². The van der Waals surface area contributed by atoms with Crippen molar-refractivity contribution in [1.82, 2.24) is 0 Å². The number of rotatable bonds is 4. The lowest BCUT2D eigenvalue weighted by molar-refractivity contribution is -0.141. The van der Waals surface area contributed by atoms with Crippen molar-refractivity contribution in [3.05, 3.63) is 0 Å². The van der Waals surface area contributed by atoms with Crippen LogP contribution in [-0.4, -0.2) is 24.3 Å². The Morgan fingerprint density at radius 2 is 2.07 bits per heavy atom.